The van der Waals surface area contributed by atoms with Crippen LogP contribution in [-0.2, 0) is 9.53 Å². The second kappa shape index (κ2) is 11.6. The number of thiophene rings is 1. The van der Waals surface area contributed by atoms with Crippen LogP contribution in [0.4, 0.5) is 10.7 Å². The molecule has 3 unspecified atom stereocenters. The Morgan fingerprint density at radius 3 is 2.79 bits per heavy atom. The third-order valence-corrected chi connectivity index (χ3v) is 10.2. The van der Waals surface area contributed by atoms with Crippen LogP contribution < -0.4 is 37.7 Å². The molecular weight excluding hydrogens is 536 g/mol. The van der Waals surface area contributed by atoms with Gasteiger partial charge in [-0.15, -0.1) is 22.7 Å². The van der Waals surface area contributed by atoms with E-state index in [1.165, 1.54) is 12.8 Å². The maximum Gasteiger partial charge on any atom is 0.236 e. The summed E-state index contributed by atoms with van der Waals surface area (Å²) in [6, 6.07) is 3.59. The molecule has 2 aliphatic heterocycles. The van der Waals surface area contributed by atoms with Crippen molar-refractivity contribution in [1.29, 1.82) is 0 Å². The molecule has 12 heteroatoms. The maximum absolute atomic E-state index is 12.9. The number of carbonyl (C=O) groups is 1. The Kier molecular flexibility index (Phi) is 7.92. The number of nitrogens with one attached hydrogen (secondary N) is 3. The highest BCUT2D eigenvalue weighted by atomic mass is 32.1. The molecule has 3 aromatic heterocycles. The third-order valence-electron chi connectivity index (χ3n) is 8.10. The summed E-state index contributed by atoms with van der Waals surface area (Å²) in [7, 11) is 0. The monoisotopic (exact) mass is 572 g/mol. The van der Waals surface area contributed by atoms with Gasteiger partial charge < -0.3 is 41.5 Å². The van der Waals surface area contributed by atoms with Crippen LogP contribution in [0.25, 0.3) is 20.7 Å². The molecule has 7 N–H and O–H groups in total. The van der Waals surface area contributed by atoms with E-state index in [1.807, 2.05) is 11.4 Å². The number of rotatable bonds is 7. The van der Waals surface area contributed by atoms with E-state index < -0.39 is 6.04 Å². The second-order valence-corrected chi connectivity index (χ2v) is 12.7. The van der Waals surface area contributed by atoms with Gasteiger partial charge in [0.15, 0.2) is 5.58 Å². The van der Waals surface area contributed by atoms with E-state index in [4.69, 9.17) is 20.6 Å². The number of ether oxygens (including phenoxy) is 1. The van der Waals surface area contributed by atoms with Gasteiger partial charge in [0.05, 0.1) is 45.1 Å². The quantitative estimate of drug-likeness (QED) is 0.288. The number of carbonyl (C=O) groups excluding carboxylic acids is 1. The number of morpholine rings is 1. The molecule has 2 saturated heterocycles. The van der Waals surface area contributed by atoms with Crippen LogP contribution in [0, 0.1) is 0 Å². The Bertz CT molecular complexity index is 1370. The number of fused-ring (bicyclic) bond motifs is 1. The number of nitrogens with two attached hydrogens (primary N) is 2. The molecule has 1 aliphatic carbocycles. The van der Waals surface area contributed by atoms with Crippen LogP contribution in [0.2, 0.25) is 0 Å². The normalized spacial score (nSPS) is 28.0. The Balaban J connectivity index is 1.26. The summed E-state index contributed by atoms with van der Waals surface area (Å²) in [6.07, 6.45) is 6.89. The van der Waals surface area contributed by atoms with E-state index in [2.05, 4.69) is 20.9 Å². The summed E-state index contributed by atoms with van der Waals surface area (Å²) in [6.45, 7) is 3.47. The fraction of sp³-hybridized carbons (Fsp3) is 0.556. The lowest BCUT2D eigenvalue weighted by Gasteiger charge is -2.40. The van der Waals surface area contributed by atoms with Crippen molar-refractivity contribution in [2.45, 2.75) is 62.3 Å². The topological polar surface area (TPSA) is 148 Å². The van der Waals surface area contributed by atoms with Gasteiger partial charge in [-0.2, -0.15) is 0 Å². The lowest BCUT2D eigenvalue weighted by Crippen LogP contribution is -2.64. The van der Waals surface area contributed by atoms with E-state index >= 15 is 0 Å². The van der Waals surface area contributed by atoms with Gasteiger partial charge in [-0.05, 0) is 30.7 Å². The SMILES string of the molecule is NC(=O)C1NCC(N[C@H]2CCCC[C@H]2N)CC1Nc1ccsc1-c1coc2c(=O)cc(N3CCOCC3)sc12. The zero-order chi connectivity index (χ0) is 26.9. The summed E-state index contributed by atoms with van der Waals surface area (Å²) in [5.74, 6) is -0.376. The molecule has 0 radical (unpaired) electrons. The largest absolute Gasteiger partial charge is 0.459 e. The molecule has 0 spiro atoms. The molecule has 6 rings (SSSR count). The Labute approximate surface area is 235 Å². The van der Waals surface area contributed by atoms with Crippen LogP contribution in [0.15, 0.2) is 33.0 Å². The zero-order valence-corrected chi connectivity index (χ0v) is 23.5. The molecule has 5 heterocycles. The van der Waals surface area contributed by atoms with Gasteiger partial charge in [0.2, 0.25) is 11.3 Å². The summed E-state index contributed by atoms with van der Waals surface area (Å²) >= 11 is 3.14. The summed E-state index contributed by atoms with van der Waals surface area (Å²) < 4.78 is 12.1. The molecule has 1 saturated carbocycles. The molecular formula is C27H36N6O4S2. The fourth-order valence-corrected chi connectivity index (χ4v) is 8.16. The Morgan fingerprint density at radius 2 is 2.00 bits per heavy atom. The van der Waals surface area contributed by atoms with E-state index in [9.17, 15) is 9.59 Å². The van der Waals surface area contributed by atoms with Crippen molar-refractivity contribution >= 4 is 49.6 Å². The number of primary amides is 1. The van der Waals surface area contributed by atoms with Gasteiger partial charge in [0.1, 0.15) is 12.3 Å². The lowest BCUT2D eigenvalue weighted by molar-refractivity contribution is -0.120. The Hall–Kier alpha value is -2.48. The molecule has 5 atom stereocenters. The van der Waals surface area contributed by atoms with Gasteiger partial charge in [-0.1, -0.05) is 12.8 Å². The number of nitrogens with zero attached hydrogens (tertiary/aromatic N) is 1. The minimum absolute atomic E-state index is 0.123. The number of anilines is 2. The highest BCUT2D eigenvalue weighted by Gasteiger charge is 2.36. The molecule has 3 aliphatic rings. The smallest absolute Gasteiger partial charge is 0.236 e. The highest BCUT2D eigenvalue weighted by molar-refractivity contribution is 7.23. The standard InChI is InChI=1S/C27H36N6O4S2/c28-17-3-1-2-4-18(17)31-15-11-20(23(27(29)35)30-13-15)32-19-5-10-38-25(19)16-14-37-24-21(34)12-22(39-26(16)24)33-6-8-36-9-7-33/h5,10,12,14-15,17-18,20,23,30-32H,1-4,6-9,11,13,28H2,(H2,29,35)/t15?,17-,18+,20?,23?/m1/s1. The molecule has 3 fully saturated rings. The molecule has 0 bridgehead atoms. The minimum atomic E-state index is -0.499. The molecule has 1 amide bonds. The van der Waals surface area contributed by atoms with Gasteiger partial charge in [0, 0.05) is 43.8 Å². The molecule has 3 aromatic rings. The molecule has 39 heavy (non-hydrogen) atoms. The van der Waals surface area contributed by atoms with Gasteiger partial charge in [0.25, 0.3) is 0 Å². The highest BCUT2D eigenvalue weighted by Crippen LogP contribution is 2.42. The second-order valence-electron chi connectivity index (χ2n) is 10.7. The van der Waals surface area contributed by atoms with Crippen molar-refractivity contribution in [3.8, 4) is 10.4 Å². The van der Waals surface area contributed by atoms with E-state index in [0.717, 1.165) is 58.2 Å². The number of furan rings is 1. The van der Waals surface area contributed by atoms with Gasteiger partial charge in [-0.25, -0.2) is 0 Å². The van der Waals surface area contributed by atoms with Crippen LogP contribution in [-0.4, -0.2) is 69.0 Å². The third kappa shape index (κ3) is 5.59. The average molecular weight is 573 g/mol. The van der Waals surface area contributed by atoms with Crippen LogP contribution >= 0.6 is 22.7 Å². The number of hydrogen-bond donors (Lipinski definition) is 5. The van der Waals surface area contributed by atoms with Crippen molar-refractivity contribution in [1.82, 2.24) is 10.6 Å². The van der Waals surface area contributed by atoms with Crippen molar-refractivity contribution in [2.24, 2.45) is 11.5 Å². The summed E-state index contributed by atoms with van der Waals surface area (Å²) in [5, 5.41) is 13.7. The predicted molar refractivity (Wildman–Crippen MR) is 157 cm³/mol. The van der Waals surface area contributed by atoms with E-state index in [-0.39, 0.29) is 35.5 Å². The van der Waals surface area contributed by atoms with E-state index in [0.29, 0.717) is 25.3 Å². The summed E-state index contributed by atoms with van der Waals surface area (Å²) in [4.78, 5) is 28.5. The first-order valence-electron chi connectivity index (χ1n) is 13.7. The first-order valence-corrected chi connectivity index (χ1v) is 15.4. The van der Waals surface area contributed by atoms with Crippen molar-refractivity contribution in [3.63, 3.8) is 0 Å². The fourth-order valence-electron chi connectivity index (χ4n) is 6.03. The number of hydrogen-bond acceptors (Lipinski definition) is 11. The predicted octanol–water partition coefficient (Wildman–Crippen LogP) is 2.28. The van der Waals surface area contributed by atoms with Gasteiger partial charge in [-0.3, -0.25) is 9.59 Å². The van der Waals surface area contributed by atoms with Crippen molar-refractivity contribution in [2.75, 3.05) is 43.1 Å². The summed E-state index contributed by atoms with van der Waals surface area (Å²) in [5.41, 5.74) is 14.2. The number of amides is 1. The molecule has 10 nitrogen and oxygen atoms in total. The maximum atomic E-state index is 12.9. The molecule has 0 aromatic carbocycles. The Morgan fingerprint density at radius 1 is 1.18 bits per heavy atom. The molecule has 210 valence electrons. The average Bonchev–Trinajstić information content (AvgIpc) is 3.57. The van der Waals surface area contributed by atoms with Crippen molar-refractivity contribution < 1.29 is 13.9 Å². The van der Waals surface area contributed by atoms with Crippen LogP contribution in [0.3, 0.4) is 0 Å². The van der Waals surface area contributed by atoms with Crippen LogP contribution in [0.5, 0.6) is 0 Å². The van der Waals surface area contributed by atoms with Gasteiger partial charge >= 0.3 is 0 Å². The first kappa shape index (κ1) is 26.7. The zero-order valence-electron chi connectivity index (χ0n) is 21.8. The van der Waals surface area contributed by atoms with E-state index in [1.54, 1.807) is 35.0 Å². The minimum Gasteiger partial charge on any atom is -0.459 e. The first-order chi connectivity index (χ1) is 19.0. The number of piperidine rings is 1. The van der Waals surface area contributed by atoms with Crippen LogP contribution in [0.1, 0.15) is 32.1 Å². The lowest BCUT2D eigenvalue weighted by atomic mass is 9.88. The van der Waals surface area contributed by atoms with Crippen molar-refractivity contribution in [3.05, 3.63) is 34.0 Å².